The molecule has 32 heavy (non-hydrogen) atoms. The highest BCUT2D eigenvalue weighted by molar-refractivity contribution is 8.06. The average molecular weight is 468 g/mol. The Morgan fingerprint density at radius 2 is 1.31 bits per heavy atom. The van der Waals surface area contributed by atoms with E-state index in [1.165, 1.54) is 19.6 Å². The lowest BCUT2D eigenvalue weighted by Crippen LogP contribution is -2.21. The van der Waals surface area contributed by atoms with Crippen LogP contribution < -0.4 is 0 Å². The average Bonchev–Trinajstić information content (AvgIpc) is 2.74. The van der Waals surface area contributed by atoms with Gasteiger partial charge in [0.05, 0.1) is 11.1 Å². The number of rotatable bonds is 6. The summed E-state index contributed by atoms with van der Waals surface area (Å²) in [6.07, 6.45) is 7.95. The number of thioether (sulfide) groups is 1. The molecule has 2 nitrogen and oxygen atoms in total. The molecule has 0 saturated carbocycles. The Labute approximate surface area is 201 Å². The second-order valence-corrected chi connectivity index (χ2v) is 12.1. The van der Waals surface area contributed by atoms with Gasteiger partial charge in [-0.15, -0.1) is 0 Å². The van der Waals surface area contributed by atoms with Crippen LogP contribution in [0.2, 0.25) is 0 Å². The van der Waals surface area contributed by atoms with Gasteiger partial charge in [0.1, 0.15) is 5.76 Å². The number of allylic oxidation sites excluding steroid dienone is 8. The van der Waals surface area contributed by atoms with Crippen LogP contribution in [-0.2, 0) is 4.79 Å². The summed E-state index contributed by atoms with van der Waals surface area (Å²) in [5.74, 6) is 1.70. The largest absolute Gasteiger partial charge is 0.506 e. The number of Topliss-reactive ketones (excluding diaryl/α,β-unsaturated/α-hetero) is 1. The molecule has 1 aromatic heterocycles. The van der Waals surface area contributed by atoms with E-state index in [0.717, 1.165) is 11.1 Å². The second kappa shape index (κ2) is 9.93. The maximum atomic E-state index is 12.9. The quantitative estimate of drug-likeness (QED) is 0.335. The van der Waals surface area contributed by atoms with Crippen LogP contribution in [0.3, 0.4) is 0 Å². The van der Waals surface area contributed by atoms with Gasteiger partial charge in [-0.3, -0.25) is 4.79 Å². The van der Waals surface area contributed by atoms with Crippen molar-refractivity contribution in [1.82, 2.24) is 0 Å². The zero-order valence-electron chi connectivity index (χ0n) is 20.4. The highest BCUT2D eigenvalue weighted by Crippen LogP contribution is 2.41. The number of ketones is 1. The van der Waals surface area contributed by atoms with Crippen molar-refractivity contribution in [3.05, 3.63) is 78.0 Å². The van der Waals surface area contributed by atoms with Crippen molar-refractivity contribution >= 4 is 35.0 Å². The molecule has 1 aliphatic heterocycles. The van der Waals surface area contributed by atoms with Crippen molar-refractivity contribution in [2.24, 2.45) is 11.8 Å². The van der Waals surface area contributed by atoms with Crippen LogP contribution in [0, 0.1) is 11.8 Å². The monoisotopic (exact) mass is 467 g/mol. The van der Waals surface area contributed by atoms with Crippen LogP contribution in [0.15, 0.2) is 62.6 Å². The van der Waals surface area contributed by atoms with Crippen LogP contribution in [0.4, 0.5) is 0 Å². The molecule has 0 radical (unpaired) electrons. The summed E-state index contributed by atoms with van der Waals surface area (Å²) in [6.45, 7) is 17.5. The van der Waals surface area contributed by atoms with E-state index >= 15 is 0 Å². The van der Waals surface area contributed by atoms with Crippen molar-refractivity contribution in [2.45, 2.75) is 67.2 Å². The van der Waals surface area contributed by atoms with Crippen LogP contribution >= 0.6 is 23.1 Å². The second-order valence-electron chi connectivity index (χ2n) is 9.80. The van der Waals surface area contributed by atoms with Crippen molar-refractivity contribution in [1.29, 1.82) is 0 Å². The SMILES string of the molecule is CC(C)C1=CC(=CC2=C(O)C(=Cc3cc(C(C)C)[s+]c(C(C)C)c3)C2=O)C=C(C(C)C)S1. The van der Waals surface area contributed by atoms with E-state index < -0.39 is 0 Å². The summed E-state index contributed by atoms with van der Waals surface area (Å²) >= 11 is 3.65. The molecule has 0 amide bonds. The molecule has 0 atom stereocenters. The molecule has 170 valence electrons. The predicted octanol–water partition coefficient (Wildman–Crippen LogP) is 8.81. The van der Waals surface area contributed by atoms with Gasteiger partial charge >= 0.3 is 0 Å². The molecule has 2 aliphatic rings. The molecule has 0 aromatic carbocycles. The fourth-order valence-corrected chi connectivity index (χ4v) is 5.75. The molecule has 1 aromatic rings. The molecule has 1 N–H and O–H groups in total. The summed E-state index contributed by atoms with van der Waals surface area (Å²) in [7, 11) is 0. The van der Waals surface area contributed by atoms with Crippen molar-refractivity contribution in [3.63, 3.8) is 0 Å². The maximum absolute atomic E-state index is 12.9. The lowest BCUT2D eigenvalue weighted by atomic mass is 9.85. The van der Waals surface area contributed by atoms with Crippen LogP contribution in [-0.4, -0.2) is 10.9 Å². The normalized spacial score (nSPS) is 18.2. The first kappa shape index (κ1) is 24.7. The van der Waals surface area contributed by atoms with Crippen molar-refractivity contribution < 1.29 is 9.90 Å². The highest BCUT2D eigenvalue weighted by atomic mass is 32.2. The first-order chi connectivity index (χ1) is 15.0. The van der Waals surface area contributed by atoms with Gasteiger partial charge in [-0.25, -0.2) is 0 Å². The molecule has 1 aliphatic carbocycles. The molecule has 0 spiro atoms. The van der Waals surface area contributed by atoms with Crippen LogP contribution in [0.25, 0.3) is 6.08 Å². The third-order valence-corrected chi connectivity index (χ3v) is 8.90. The summed E-state index contributed by atoms with van der Waals surface area (Å²) in [6, 6.07) is 4.28. The minimum Gasteiger partial charge on any atom is -0.506 e. The summed E-state index contributed by atoms with van der Waals surface area (Å²) in [5.41, 5.74) is 2.78. The Morgan fingerprint density at radius 1 is 0.812 bits per heavy atom. The molecule has 0 bridgehead atoms. The van der Waals surface area contributed by atoms with Crippen LogP contribution in [0.5, 0.6) is 0 Å². The summed E-state index contributed by atoms with van der Waals surface area (Å²) < 4.78 is 0. The van der Waals surface area contributed by atoms with Gasteiger partial charge in [-0.2, -0.15) is 0 Å². The first-order valence-corrected chi connectivity index (χ1v) is 13.1. The van der Waals surface area contributed by atoms with Crippen molar-refractivity contribution in [2.75, 3.05) is 0 Å². The van der Waals surface area contributed by atoms with Gasteiger partial charge in [0.15, 0.2) is 0 Å². The molecule has 0 saturated heterocycles. The fourth-order valence-electron chi connectivity index (χ4n) is 3.48. The zero-order valence-corrected chi connectivity index (χ0v) is 22.1. The predicted molar refractivity (Wildman–Crippen MR) is 141 cm³/mol. The van der Waals surface area contributed by atoms with Crippen molar-refractivity contribution in [3.8, 4) is 0 Å². The lowest BCUT2D eigenvalue weighted by molar-refractivity contribution is -0.113. The molecular formula is C28H35O2S2+. The van der Waals surface area contributed by atoms with E-state index in [2.05, 4.69) is 79.7 Å². The highest BCUT2D eigenvalue weighted by Gasteiger charge is 2.33. The van der Waals surface area contributed by atoms with E-state index in [1.807, 2.05) is 35.3 Å². The molecule has 0 fully saturated rings. The Hall–Kier alpha value is -1.91. The van der Waals surface area contributed by atoms with E-state index in [-0.39, 0.29) is 11.5 Å². The fraction of sp³-hybridized carbons (Fsp3) is 0.429. The number of carbonyl (C=O) groups excluding carboxylic acids is 1. The Morgan fingerprint density at radius 3 is 1.72 bits per heavy atom. The van der Waals surface area contributed by atoms with E-state index in [9.17, 15) is 9.90 Å². The molecule has 4 heteroatoms. The third-order valence-electron chi connectivity index (χ3n) is 5.60. The topological polar surface area (TPSA) is 37.3 Å². The summed E-state index contributed by atoms with van der Waals surface area (Å²) in [5, 5.41) is 10.7. The van der Waals surface area contributed by atoms with Gasteiger partial charge in [0.25, 0.3) is 0 Å². The van der Waals surface area contributed by atoms with E-state index in [4.69, 9.17) is 0 Å². The number of hydrogen-bond donors (Lipinski definition) is 1. The number of aliphatic hydroxyl groups is 1. The smallest absolute Gasteiger partial charge is 0.218 e. The van der Waals surface area contributed by atoms with Gasteiger partial charge in [-0.05, 0) is 57.1 Å². The van der Waals surface area contributed by atoms with Gasteiger partial charge in [0, 0.05) is 24.0 Å². The third kappa shape index (κ3) is 5.35. The zero-order chi connectivity index (χ0) is 23.7. The van der Waals surface area contributed by atoms with Gasteiger partial charge in [-0.1, -0.05) is 67.2 Å². The summed E-state index contributed by atoms with van der Waals surface area (Å²) in [4.78, 5) is 18.1. The van der Waals surface area contributed by atoms with Gasteiger partial charge < -0.3 is 5.11 Å². The number of aliphatic hydroxyl groups excluding tert-OH is 1. The first-order valence-electron chi connectivity index (χ1n) is 11.5. The van der Waals surface area contributed by atoms with Crippen LogP contribution in [0.1, 0.15) is 82.5 Å². The maximum Gasteiger partial charge on any atom is 0.218 e. The molecule has 0 unspecified atom stereocenters. The van der Waals surface area contributed by atoms with E-state index in [0.29, 0.717) is 34.8 Å². The van der Waals surface area contributed by atoms with E-state index in [1.54, 1.807) is 0 Å². The minimum absolute atomic E-state index is 0.0862. The minimum atomic E-state index is -0.0862. The lowest BCUT2D eigenvalue weighted by Gasteiger charge is -2.23. The Bertz CT molecular complexity index is 1020. The molecular weight excluding hydrogens is 432 g/mol. The van der Waals surface area contributed by atoms with Gasteiger partial charge in [0.2, 0.25) is 26.9 Å². The number of hydrogen-bond acceptors (Lipinski definition) is 3. The standard InChI is InChI=1S/C28H34O2S2/c1-15(2)23-11-19(12-24(31-23)16(3)4)9-21-27(29)22(28(21)30)10-20-13-25(17(5)6)32-26(14-20)18(7)8/h9-18H,1-8H3/p+1. The molecule has 3 rings (SSSR count). The molecule has 2 heterocycles. The Balaban J connectivity index is 1.99. The number of carbonyl (C=O) groups is 1. The Kier molecular flexibility index (Phi) is 7.67.